The Kier molecular flexibility index (Phi) is 4.58. The Morgan fingerprint density at radius 1 is 1.72 bits per heavy atom. The average Bonchev–Trinajstić information content (AvgIpc) is 2.66. The second kappa shape index (κ2) is 5.94. The summed E-state index contributed by atoms with van der Waals surface area (Å²) < 4.78 is 30.9. The lowest BCUT2D eigenvalue weighted by molar-refractivity contribution is -0.107. The van der Waals surface area contributed by atoms with Crippen LogP contribution in [0.2, 0.25) is 0 Å². The zero-order chi connectivity index (χ0) is 13.7. The van der Waals surface area contributed by atoms with Gasteiger partial charge in [-0.05, 0) is 0 Å². The molecular formula is C9H12F2N4O3. The number of aryl methyl sites for hydroxylation is 1. The number of ether oxygens (including phenoxy) is 1. The molecule has 0 fully saturated rings. The van der Waals surface area contributed by atoms with Crippen molar-refractivity contribution in [2.45, 2.75) is 6.43 Å². The molecule has 1 aromatic rings. The van der Waals surface area contributed by atoms with Gasteiger partial charge in [0.25, 0.3) is 6.43 Å². The van der Waals surface area contributed by atoms with E-state index >= 15 is 0 Å². The second-order valence-electron chi connectivity index (χ2n) is 3.34. The van der Waals surface area contributed by atoms with Gasteiger partial charge >= 0.3 is 6.09 Å². The number of halogens is 2. The number of hydrogen-bond acceptors (Lipinski definition) is 4. The van der Waals surface area contributed by atoms with E-state index in [1.807, 2.05) is 0 Å². The minimum absolute atomic E-state index is 0.0319. The molecule has 0 bridgehead atoms. The number of nitrogens with two attached hydrogens (primary N) is 1. The standard InChI is InChI=1S/C9H12F2N4O3/c1-14-4-6(7(13-14)8(10)11)15(5-16)2-3-18-9(12)17/h4-5,8H,2-3H2,1H3,(H2,12,17). The molecule has 18 heavy (non-hydrogen) atoms. The predicted octanol–water partition coefficient (Wildman–Crippen LogP) is 0.416. The Bertz CT molecular complexity index is 435. The first kappa shape index (κ1) is 13.9. The lowest BCUT2D eigenvalue weighted by atomic mass is 10.3. The van der Waals surface area contributed by atoms with E-state index in [4.69, 9.17) is 5.73 Å². The summed E-state index contributed by atoms with van der Waals surface area (Å²) in [6, 6.07) is 0. The first-order valence-electron chi connectivity index (χ1n) is 4.91. The van der Waals surface area contributed by atoms with Crippen LogP contribution in [-0.4, -0.2) is 35.4 Å². The van der Waals surface area contributed by atoms with Crippen molar-refractivity contribution >= 4 is 18.2 Å². The molecule has 1 aromatic heterocycles. The molecule has 7 nitrogen and oxygen atoms in total. The summed E-state index contributed by atoms with van der Waals surface area (Å²) in [6.07, 6.45) is -2.17. The van der Waals surface area contributed by atoms with Gasteiger partial charge in [0.05, 0.1) is 12.2 Å². The third-order valence-electron chi connectivity index (χ3n) is 2.06. The van der Waals surface area contributed by atoms with Crippen molar-refractivity contribution in [2.24, 2.45) is 12.8 Å². The average molecular weight is 262 g/mol. The molecule has 0 spiro atoms. The first-order chi connectivity index (χ1) is 8.45. The Morgan fingerprint density at radius 3 is 2.89 bits per heavy atom. The number of rotatable bonds is 6. The van der Waals surface area contributed by atoms with Crippen molar-refractivity contribution < 1.29 is 23.1 Å². The third kappa shape index (κ3) is 3.40. The van der Waals surface area contributed by atoms with Gasteiger partial charge in [0.2, 0.25) is 6.41 Å². The molecule has 9 heteroatoms. The van der Waals surface area contributed by atoms with Crippen molar-refractivity contribution in [3.63, 3.8) is 0 Å². The first-order valence-corrected chi connectivity index (χ1v) is 4.91. The Balaban J connectivity index is 2.81. The molecule has 1 rings (SSSR count). The zero-order valence-electron chi connectivity index (χ0n) is 9.55. The van der Waals surface area contributed by atoms with Gasteiger partial charge in [-0.3, -0.25) is 9.48 Å². The summed E-state index contributed by atoms with van der Waals surface area (Å²) in [5, 5.41) is 3.56. The number of amides is 2. The fourth-order valence-corrected chi connectivity index (χ4v) is 1.34. The maximum atomic E-state index is 12.7. The summed E-state index contributed by atoms with van der Waals surface area (Å²) in [5.41, 5.74) is 4.19. The summed E-state index contributed by atoms with van der Waals surface area (Å²) in [7, 11) is 1.46. The molecule has 100 valence electrons. The largest absolute Gasteiger partial charge is 0.448 e. The lowest BCUT2D eigenvalue weighted by Crippen LogP contribution is -2.28. The van der Waals surface area contributed by atoms with E-state index in [-0.39, 0.29) is 18.8 Å². The van der Waals surface area contributed by atoms with E-state index in [1.54, 1.807) is 0 Å². The fraction of sp³-hybridized carbons (Fsp3) is 0.444. The highest BCUT2D eigenvalue weighted by atomic mass is 19.3. The molecule has 2 N–H and O–H groups in total. The highest BCUT2D eigenvalue weighted by molar-refractivity contribution is 5.76. The Morgan fingerprint density at radius 2 is 2.39 bits per heavy atom. The Labute approximate surface area is 101 Å². The van der Waals surface area contributed by atoms with Gasteiger partial charge in [0.1, 0.15) is 6.61 Å². The minimum Gasteiger partial charge on any atom is -0.448 e. The van der Waals surface area contributed by atoms with Crippen LogP contribution in [0.15, 0.2) is 6.20 Å². The number of anilines is 1. The molecule has 0 radical (unpaired) electrons. The predicted molar refractivity (Wildman–Crippen MR) is 57.1 cm³/mol. The molecule has 0 aliphatic heterocycles. The molecule has 0 saturated carbocycles. The van der Waals surface area contributed by atoms with Gasteiger partial charge in [0.15, 0.2) is 5.69 Å². The van der Waals surface area contributed by atoms with Crippen LogP contribution in [0.25, 0.3) is 0 Å². The fourth-order valence-electron chi connectivity index (χ4n) is 1.34. The van der Waals surface area contributed by atoms with E-state index in [0.717, 1.165) is 4.90 Å². The molecule has 0 saturated heterocycles. The highest BCUT2D eigenvalue weighted by Crippen LogP contribution is 2.27. The summed E-state index contributed by atoms with van der Waals surface area (Å²) >= 11 is 0. The van der Waals surface area contributed by atoms with E-state index in [0.29, 0.717) is 6.41 Å². The van der Waals surface area contributed by atoms with E-state index in [2.05, 4.69) is 9.84 Å². The van der Waals surface area contributed by atoms with Crippen molar-refractivity contribution in [3.8, 4) is 0 Å². The van der Waals surface area contributed by atoms with Gasteiger partial charge in [-0.15, -0.1) is 0 Å². The van der Waals surface area contributed by atoms with Gasteiger partial charge in [-0.2, -0.15) is 5.10 Å². The smallest absolute Gasteiger partial charge is 0.404 e. The second-order valence-corrected chi connectivity index (χ2v) is 3.34. The monoisotopic (exact) mass is 262 g/mol. The number of hydrogen-bond donors (Lipinski definition) is 1. The highest BCUT2D eigenvalue weighted by Gasteiger charge is 2.21. The van der Waals surface area contributed by atoms with E-state index in [9.17, 15) is 18.4 Å². The van der Waals surface area contributed by atoms with Crippen LogP contribution in [0.5, 0.6) is 0 Å². The van der Waals surface area contributed by atoms with Crippen molar-refractivity contribution in [3.05, 3.63) is 11.9 Å². The number of alkyl halides is 2. The molecule has 0 unspecified atom stereocenters. The van der Waals surface area contributed by atoms with Gasteiger partial charge in [-0.25, -0.2) is 13.6 Å². The third-order valence-corrected chi connectivity index (χ3v) is 2.06. The van der Waals surface area contributed by atoms with Gasteiger partial charge in [0, 0.05) is 13.2 Å². The van der Waals surface area contributed by atoms with Gasteiger partial charge in [-0.1, -0.05) is 0 Å². The quantitative estimate of drug-likeness (QED) is 0.752. The van der Waals surface area contributed by atoms with E-state index < -0.39 is 18.2 Å². The van der Waals surface area contributed by atoms with Crippen LogP contribution in [0.3, 0.4) is 0 Å². The van der Waals surface area contributed by atoms with E-state index in [1.165, 1.54) is 17.9 Å². The maximum absolute atomic E-state index is 12.7. The zero-order valence-corrected chi connectivity index (χ0v) is 9.55. The topological polar surface area (TPSA) is 90.5 Å². The van der Waals surface area contributed by atoms with Crippen molar-refractivity contribution in [1.29, 1.82) is 0 Å². The van der Waals surface area contributed by atoms with Crippen LogP contribution >= 0.6 is 0 Å². The Hall–Kier alpha value is -2.19. The van der Waals surface area contributed by atoms with Gasteiger partial charge < -0.3 is 15.4 Å². The molecule has 2 amide bonds. The van der Waals surface area contributed by atoms with Crippen molar-refractivity contribution in [1.82, 2.24) is 9.78 Å². The molecular weight excluding hydrogens is 250 g/mol. The minimum atomic E-state index is -2.80. The molecule has 0 aliphatic rings. The molecule has 0 aliphatic carbocycles. The SMILES string of the molecule is Cn1cc(N(C=O)CCOC(N)=O)c(C(F)F)n1. The number of carbonyl (C=O) groups excluding carboxylic acids is 2. The number of primary amides is 1. The lowest BCUT2D eigenvalue weighted by Gasteiger charge is -2.16. The van der Waals surface area contributed by atoms with Crippen molar-refractivity contribution in [2.75, 3.05) is 18.1 Å². The van der Waals surface area contributed by atoms with Crippen LogP contribution in [0.1, 0.15) is 12.1 Å². The number of nitrogens with zero attached hydrogens (tertiary/aromatic N) is 3. The summed E-state index contributed by atoms with van der Waals surface area (Å²) in [6.45, 7) is -0.274. The van der Waals surface area contributed by atoms with Crippen LogP contribution in [0, 0.1) is 0 Å². The molecule has 1 heterocycles. The molecule has 0 atom stereocenters. The van der Waals surface area contributed by atoms with Crippen LogP contribution in [0.4, 0.5) is 19.3 Å². The number of aromatic nitrogens is 2. The summed E-state index contributed by atoms with van der Waals surface area (Å²) in [4.78, 5) is 22.1. The molecule has 0 aromatic carbocycles. The van der Waals surface area contributed by atoms with Crippen LogP contribution < -0.4 is 10.6 Å². The summed E-state index contributed by atoms with van der Waals surface area (Å²) in [5.74, 6) is 0. The number of carbonyl (C=O) groups is 2. The van der Waals surface area contributed by atoms with Crippen LogP contribution in [-0.2, 0) is 16.6 Å². The normalized spacial score (nSPS) is 10.4. The maximum Gasteiger partial charge on any atom is 0.404 e.